The van der Waals surface area contributed by atoms with Gasteiger partial charge in [-0.05, 0) is 67.5 Å². The fraction of sp³-hybridized carbons (Fsp3) is 0.500. The molecule has 1 saturated heterocycles. The lowest BCUT2D eigenvalue weighted by atomic mass is 10.0. The molecule has 6 nitrogen and oxygen atoms in total. The van der Waals surface area contributed by atoms with Crippen LogP contribution in [0.25, 0.3) is 0 Å². The molecule has 2 aliphatic rings. The molecule has 0 unspecified atom stereocenters. The van der Waals surface area contributed by atoms with Crippen LogP contribution in [0.15, 0.2) is 53.4 Å². The molecule has 36 heavy (non-hydrogen) atoms. The highest BCUT2D eigenvalue weighted by Crippen LogP contribution is 2.38. The van der Waals surface area contributed by atoms with Gasteiger partial charge in [0.05, 0.1) is 17.0 Å². The molecule has 0 bridgehead atoms. The SMILES string of the molecule is CC(C)c1ccc(NC(=O)CN2CCC(N(C3CC3)S(=O)(=O)c3cccc(C(F)(F)F)c3)CC2)cc1. The minimum absolute atomic E-state index is 0.138. The molecule has 1 saturated carbocycles. The van der Waals surface area contributed by atoms with Crippen LogP contribution in [-0.4, -0.2) is 55.2 Å². The number of rotatable bonds is 8. The molecule has 2 fully saturated rings. The highest BCUT2D eigenvalue weighted by atomic mass is 32.2. The number of alkyl halides is 3. The van der Waals surface area contributed by atoms with E-state index < -0.39 is 21.8 Å². The predicted molar refractivity (Wildman–Crippen MR) is 132 cm³/mol. The molecule has 0 atom stereocenters. The number of nitrogens with zero attached hydrogens (tertiary/aromatic N) is 2. The first-order valence-electron chi connectivity index (χ1n) is 12.3. The third-order valence-corrected chi connectivity index (χ3v) is 8.79. The van der Waals surface area contributed by atoms with Gasteiger partial charge in [-0.1, -0.05) is 32.0 Å². The van der Waals surface area contributed by atoms with E-state index in [2.05, 4.69) is 19.2 Å². The molecule has 2 aromatic carbocycles. The average Bonchev–Trinajstić information content (AvgIpc) is 3.65. The Kier molecular flexibility index (Phi) is 7.78. The Morgan fingerprint density at radius 2 is 1.64 bits per heavy atom. The Bertz CT molecular complexity index is 1170. The number of amides is 1. The molecule has 0 spiro atoms. The molecule has 2 aromatic rings. The predicted octanol–water partition coefficient (Wildman–Crippen LogP) is 5.09. The van der Waals surface area contributed by atoms with Crippen molar-refractivity contribution in [2.75, 3.05) is 25.0 Å². The Labute approximate surface area is 210 Å². The number of carbonyl (C=O) groups is 1. The zero-order valence-corrected chi connectivity index (χ0v) is 21.3. The molecule has 10 heteroatoms. The van der Waals surface area contributed by atoms with Crippen LogP contribution in [0, 0.1) is 0 Å². The molecular formula is C26H32F3N3O3S. The Balaban J connectivity index is 1.37. The van der Waals surface area contributed by atoms with Crippen LogP contribution in [0.2, 0.25) is 0 Å². The molecule has 1 heterocycles. The lowest BCUT2D eigenvalue weighted by Gasteiger charge is -2.37. The van der Waals surface area contributed by atoms with E-state index in [1.54, 1.807) is 0 Å². The first kappa shape index (κ1) is 26.6. The van der Waals surface area contributed by atoms with Gasteiger partial charge in [0, 0.05) is 30.9 Å². The van der Waals surface area contributed by atoms with E-state index in [9.17, 15) is 26.4 Å². The minimum atomic E-state index is -4.61. The minimum Gasteiger partial charge on any atom is -0.325 e. The quantitative estimate of drug-likeness (QED) is 0.524. The number of likely N-dealkylation sites (tertiary alicyclic amines) is 1. The van der Waals surface area contributed by atoms with Crippen molar-refractivity contribution in [2.24, 2.45) is 0 Å². The average molecular weight is 524 g/mol. The van der Waals surface area contributed by atoms with Crippen LogP contribution in [0.3, 0.4) is 0 Å². The lowest BCUT2D eigenvalue weighted by Crippen LogP contribution is -2.49. The number of sulfonamides is 1. The van der Waals surface area contributed by atoms with E-state index in [-0.39, 0.29) is 29.4 Å². The van der Waals surface area contributed by atoms with Gasteiger partial charge in [-0.2, -0.15) is 17.5 Å². The van der Waals surface area contributed by atoms with E-state index in [0.29, 0.717) is 44.7 Å². The van der Waals surface area contributed by atoms with Crippen molar-refractivity contribution in [3.63, 3.8) is 0 Å². The van der Waals surface area contributed by atoms with Gasteiger partial charge < -0.3 is 5.32 Å². The Morgan fingerprint density at radius 1 is 1.03 bits per heavy atom. The van der Waals surface area contributed by atoms with Gasteiger partial charge in [0.15, 0.2) is 0 Å². The summed E-state index contributed by atoms with van der Waals surface area (Å²) >= 11 is 0. The zero-order chi connectivity index (χ0) is 26.1. The molecule has 1 N–H and O–H groups in total. The Morgan fingerprint density at radius 3 is 2.19 bits per heavy atom. The van der Waals surface area contributed by atoms with Gasteiger partial charge in [-0.15, -0.1) is 0 Å². The molecule has 196 valence electrons. The first-order chi connectivity index (χ1) is 16.9. The van der Waals surface area contributed by atoms with E-state index in [0.717, 1.165) is 23.9 Å². The van der Waals surface area contributed by atoms with E-state index in [4.69, 9.17) is 0 Å². The second-order valence-corrected chi connectivity index (χ2v) is 11.8. The van der Waals surface area contributed by atoms with Crippen LogP contribution >= 0.6 is 0 Å². The highest BCUT2D eigenvalue weighted by molar-refractivity contribution is 7.89. The number of piperidine rings is 1. The van der Waals surface area contributed by atoms with Crippen LogP contribution < -0.4 is 5.32 Å². The number of anilines is 1. The van der Waals surface area contributed by atoms with E-state index in [1.165, 1.54) is 15.9 Å². The summed E-state index contributed by atoms with van der Waals surface area (Å²) in [6.07, 6.45) is -2.17. The monoisotopic (exact) mass is 523 g/mol. The first-order valence-corrected chi connectivity index (χ1v) is 13.7. The second-order valence-electron chi connectivity index (χ2n) is 9.92. The van der Waals surface area contributed by atoms with E-state index >= 15 is 0 Å². The molecule has 1 aliphatic carbocycles. The summed E-state index contributed by atoms with van der Waals surface area (Å²) in [5.41, 5.74) is 0.945. The number of carbonyl (C=O) groups excluding carboxylic acids is 1. The summed E-state index contributed by atoms with van der Waals surface area (Å²) in [7, 11) is -4.08. The maximum atomic E-state index is 13.4. The largest absolute Gasteiger partial charge is 0.416 e. The molecule has 1 amide bonds. The summed E-state index contributed by atoms with van der Waals surface area (Å²) in [5.74, 6) is 0.269. The number of hydrogen-bond acceptors (Lipinski definition) is 4. The third kappa shape index (κ3) is 6.27. The van der Waals surface area contributed by atoms with Crippen LogP contribution in [0.4, 0.5) is 18.9 Å². The standard InChI is InChI=1S/C26H32F3N3O3S/c1-18(2)19-6-8-21(9-7-19)30-25(33)17-31-14-12-23(13-15-31)32(22-10-11-22)36(34,35)24-5-3-4-20(16-24)26(27,28)29/h3-9,16,18,22-23H,10-15,17H2,1-2H3,(H,30,33). The van der Waals surface area contributed by atoms with Gasteiger partial charge in [0.2, 0.25) is 15.9 Å². The summed E-state index contributed by atoms with van der Waals surface area (Å²) < 4.78 is 67.7. The second kappa shape index (κ2) is 10.5. The molecular weight excluding hydrogens is 491 g/mol. The van der Waals surface area contributed by atoms with Crippen LogP contribution in [-0.2, 0) is 21.0 Å². The van der Waals surface area contributed by atoms with Crippen molar-refractivity contribution >= 4 is 21.6 Å². The topological polar surface area (TPSA) is 69.7 Å². The number of benzene rings is 2. The van der Waals surface area contributed by atoms with Crippen LogP contribution in [0.1, 0.15) is 56.6 Å². The van der Waals surface area contributed by atoms with Gasteiger partial charge in [-0.3, -0.25) is 9.69 Å². The summed E-state index contributed by atoms with van der Waals surface area (Å²) in [6.45, 7) is 5.47. The summed E-state index contributed by atoms with van der Waals surface area (Å²) in [5, 5.41) is 2.90. The van der Waals surface area contributed by atoms with Crippen molar-refractivity contribution in [2.45, 2.75) is 68.6 Å². The van der Waals surface area contributed by atoms with Gasteiger partial charge in [-0.25, -0.2) is 8.42 Å². The molecule has 1 aliphatic heterocycles. The van der Waals surface area contributed by atoms with Crippen molar-refractivity contribution in [3.8, 4) is 0 Å². The normalized spacial score (nSPS) is 18.1. The summed E-state index contributed by atoms with van der Waals surface area (Å²) in [4.78, 5) is 14.2. The van der Waals surface area contributed by atoms with Gasteiger partial charge in [0.25, 0.3) is 0 Å². The number of halogens is 3. The lowest BCUT2D eigenvalue weighted by molar-refractivity contribution is -0.137. The molecule has 4 rings (SSSR count). The molecule has 0 aromatic heterocycles. The third-order valence-electron chi connectivity index (χ3n) is 6.79. The van der Waals surface area contributed by atoms with Crippen molar-refractivity contribution in [3.05, 3.63) is 59.7 Å². The van der Waals surface area contributed by atoms with Gasteiger partial charge in [0.1, 0.15) is 0 Å². The van der Waals surface area contributed by atoms with Gasteiger partial charge >= 0.3 is 6.18 Å². The smallest absolute Gasteiger partial charge is 0.325 e. The fourth-order valence-corrected chi connectivity index (χ4v) is 6.64. The number of hydrogen-bond donors (Lipinski definition) is 1. The highest BCUT2D eigenvalue weighted by Gasteiger charge is 2.44. The van der Waals surface area contributed by atoms with Crippen molar-refractivity contribution in [1.29, 1.82) is 0 Å². The van der Waals surface area contributed by atoms with Crippen molar-refractivity contribution < 1.29 is 26.4 Å². The van der Waals surface area contributed by atoms with E-state index in [1.807, 2.05) is 29.2 Å². The molecule has 0 radical (unpaired) electrons. The van der Waals surface area contributed by atoms with Crippen molar-refractivity contribution in [1.82, 2.24) is 9.21 Å². The fourth-order valence-electron chi connectivity index (χ4n) is 4.66. The zero-order valence-electron chi connectivity index (χ0n) is 20.5. The Hall–Kier alpha value is -2.43. The summed E-state index contributed by atoms with van der Waals surface area (Å²) in [6, 6.07) is 11.2. The maximum absolute atomic E-state index is 13.4. The number of nitrogens with one attached hydrogen (secondary N) is 1. The van der Waals surface area contributed by atoms with Crippen LogP contribution in [0.5, 0.6) is 0 Å². The maximum Gasteiger partial charge on any atom is 0.416 e.